The molecule has 2 amide bonds. The van der Waals surface area contributed by atoms with Crippen LogP contribution in [0, 0.1) is 0 Å². The molecule has 0 radical (unpaired) electrons. The summed E-state index contributed by atoms with van der Waals surface area (Å²) in [6, 6.07) is 11.3. The van der Waals surface area contributed by atoms with Crippen LogP contribution in [0.5, 0.6) is 0 Å². The highest BCUT2D eigenvalue weighted by Crippen LogP contribution is 2.13. The first-order valence-electron chi connectivity index (χ1n) is 6.07. The van der Waals surface area contributed by atoms with Gasteiger partial charge in [-0.15, -0.1) is 0 Å². The molecule has 100 valence electrons. The van der Waals surface area contributed by atoms with Crippen LogP contribution in [0.25, 0.3) is 5.69 Å². The van der Waals surface area contributed by atoms with Gasteiger partial charge in [-0.25, -0.2) is 4.79 Å². The van der Waals surface area contributed by atoms with Gasteiger partial charge in [0.15, 0.2) is 0 Å². The van der Waals surface area contributed by atoms with E-state index >= 15 is 0 Å². The van der Waals surface area contributed by atoms with Crippen LogP contribution in [0.2, 0.25) is 0 Å². The van der Waals surface area contributed by atoms with Gasteiger partial charge in [-0.2, -0.15) is 0 Å². The average Bonchev–Trinajstić information content (AvgIpc) is 2.94. The van der Waals surface area contributed by atoms with E-state index in [1.54, 1.807) is 7.11 Å². The predicted molar refractivity (Wildman–Crippen MR) is 74.7 cm³/mol. The van der Waals surface area contributed by atoms with Gasteiger partial charge < -0.3 is 19.9 Å². The molecule has 0 spiro atoms. The first kappa shape index (κ1) is 13.2. The SMILES string of the molecule is COCCNC(=O)Nc1ccc(-n2cccc2)cc1. The van der Waals surface area contributed by atoms with Crippen LogP contribution in [0.1, 0.15) is 0 Å². The lowest BCUT2D eigenvalue weighted by Crippen LogP contribution is -2.31. The minimum atomic E-state index is -0.231. The van der Waals surface area contributed by atoms with E-state index < -0.39 is 0 Å². The van der Waals surface area contributed by atoms with Crippen LogP contribution in [-0.4, -0.2) is 30.9 Å². The average molecular weight is 259 g/mol. The lowest BCUT2D eigenvalue weighted by molar-refractivity contribution is 0.198. The number of carbonyl (C=O) groups is 1. The van der Waals surface area contributed by atoms with Crippen molar-refractivity contribution in [1.82, 2.24) is 9.88 Å². The molecule has 5 heteroatoms. The molecule has 0 aliphatic carbocycles. The molecular formula is C14H17N3O2. The number of amides is 2. The van der Waals surface area contributed by atoms with Gasteiger partial charge in [-0.1, -0.05) is 0 Å². The standard InChI is InChI=1S/C14H17N3O2/c1-19-11-8-15-14(18)16-12-4-6-13(7-5-12)17-9-2-3-10-17/h2-7,9-10H,8,11H2,1H3,(H2,15,16,18). The lowest BCUT2D eigenvalue weighted by Gasteiger charge is -2.08. The van der Waals surface area contributed by atoms with E-state index in [0.29, 0.717) is 13.2 Å². The van der Waals surface area contributed by atoms with Crippen LogP contribution in [0.3, 0.4) is 0 Å². The summed E-state index contributed by atoms with van der Waals surface area (Å²) >= 11 is 0. The largest absolute Gasteiger partial charge is 0.383 e. The van der Waals surface area contributed by atoms with Crippen LogP contribution in [0.4, 0.5) is 10.5 Å². The highest BCUT2D eigenvalue weighted by atomic mass is 16.5. The van der Waals surface area contributed by atoms with Crippen LogP contribution < -0.4 is 10.6 Å². The number of hydrogen-bond acceptors (Lipinski definition) is 2. The van der Waals surface area contributed by atoms with Gasteiger partial charge in [0.25, 0.3) is 0 Å². The minimum absolute atomic E-state index is 0.231. The Labute approximate surface area is 112 Å². The number of nitrogens with zero attached hydrogens (tertiary/aromatic N) is 1. The van der Waals surface area contributed by atoms with E-state index in [-0.39, 0.29) is 6.03 Å². The number of benzene rings is 1. The number of nitrogens with one attached hydrogen (secondary N) is 2. The van der Waals surface area contributed by atoms with Crippen molar-refractivity contribution in [1.29, 1.82) is 0 Å². The van der Waals surface area contributed by atoms with Gasteiger partial charge in [0.2, 0.25) is 0 Å². The third-order valence-electron chi connectivity index (χ3n) is 2.62. The Morgan fingerprint density at radius 2 is 1.89 bits per heavy atom. The number of rotatable bonds is 5. The zero-order valence-electron chi connectivity index (χ0n) is 10.8. The second kappa shape index (κ2) is 6.61. The molecular weight excluding hydrogens is 242 g/mol. The molecule has 5 nitrogen and oxygen atoms in total. The van der Waals surface area contributed by atoms with Crippen LogP contribution in [-0.2, 0) is 4.74 Å². The van der Waals surface area contributed by atoms with Crippen molar-refractivity contribution in [2.24, 2.45) is 0 Å². The molecule has 0 saturated heterocycles. The van der Waals surface area contributed by atoms with E-state index in [2.05, 4.69) is 10.6 Å². The Kier molecular flexibility index (Phi) is 4.58. The molecule has 0 aliphatic rings. The normalized spacial score (nSPS) is 10.2. The van der Waals surface area contributed by atoms with E-state index in [4.69, 9.17) is 4.74 Å². The Morgan fingerprint density at radius 3 is 2.53 bits per heavy atom. The summed E-state index contributed by atoms with van der Waals surface area (Å²) in [5.74, 6) is 0. The van der Waals surface area contributed by atoms with Gasteiger partial charge in [0.05, 0.1) is 6.61 Å². The Bertz CT molecular complexity index is 506. The molecule has 0 bridgehead atoms. The summed E-state index contributed by atoms with van der Waals surface area (Å²) < 4.78 is 6.86. The topological polar surface area (TPSA) is 55.3 Å². The number of hydrogen-bond donors (Lipinski definition) is 2. The van der Waals surface area contributed by atoms with Gasteiger partial charge in [0, 0.05) is 37.4 Å². The second-order valence-corrected chi connectivity index (χ2v) is 4.01. The lowest BCUT2D eigenvalue weighted by atomic mass is 10.3. The maximum Gasteiger partial charge on any atom is 0.319 e. The zero-order chi connectivity index (χ0) is 13.5. The van der Waals surface area contributed by atoms with Crippen molar-refractivity contribution in [2.45, 2.75) is 0 Å². The number of aromatic nitrogens is 1. The fourth-order valence-corrected chi connectivity index (χ4v) is 1.67. The fraction of sp³-hybridized carbons (Fsp3) is 0.214. The molecule has 0 fully saturated rings. The van der Waals surface area contributed by atoms with Crippen molar-refractivity contribution in [3.05, 3.63) is 48.8 Å². The first-order valence-corrected chi connectivity index (χ1v) is 6.07. The van der Waals surface area contributed by atoms with Crippen molar-refractivity contribution in [3.63, 3.8) is 0 Å². The quantitative estimate of drug-likeness (QED) is 0.809. The maximum absolute atomic E-state index is 11.5. The molecule has 1 aromatic carbocycles. The summed E-state index contributed by atoms with van der Waals surface area (Å²) in [5, 5.41) is 5.45. The molecule has 2 aromatic rings. The number of ether oxygens (including phenoxy) is 1. The highest BCUT2D eigenvalue weighted by Gasteiger charge is 2.01. The van der Waals surface area contributed by atoms with Crippen LogP contribution >= 0.6 is 0 Å². The van der Waals surface area contributed by atoms with E-state index in [1.165, 1.54) is 0 Å². The molecule has 0 atom stereocenters. The van der Waals surface area contributed by atoms with E-state index in [9.17, 15) is 4.79 Å². The van der Waals surface area contributed by atoms with Crippen molar-refractivity contribution in [2.75, 3.05) is 25.6 Å². The van der Waals surface area contributed by atoms with Crippen molar-refractivity contribution in [3.8, 4) is 5.69 Å². The van der Waals surface area contributed by atoms with Gasteiger partial charge in [-0.05, 0) is 36.4 Å². The van der Waals surface area contributed by atoms with Crippen molar-refractivity contribution < 1.29 is 9.53 Å². The zero-order valence-corrected chi connectivity index (χ0v) is 10.8. The third kappa shape index (κ3) is 3.86. The fourth-order valence-electron chi connectivity index (χ4n) is 1.67. The molecule has 0 saturated carbocycles. The smallest absolute Gasteiger partial charge is 0.319 e. The van der Waals surface area contributed by atoms with Gasteiger partial charge in [0.1, 0.15) is 0 Å². The molecule has 0 unspecified atom stereocenters. The van der Waals surface area contributed by atoms with Gasteiger partial charge >= 0.3 is 6.03 Å². The summed E-state index contributed by atoms with van der Waals surface area (Å²) in [7, 11) is 1.60. The van der Waals surface area contributed by atoms with Gasteiger partial charge in [-0.3, -0.25) is 0 Å². The monoisotopic (exact) mass is 259 g/mol. The number of anilines is 1. The molecule has 1 aromatic heterocycles. The van der Waals surface area contributed by atoms with E-state index in [0.717, 1.165) is 11.4 Å². The number of methoxy groups -OCH3 is 1. The third-order valence-corrected chi connectivity index (χ3v) is 2.62. The molecule has 19 heavy (non-hydrogen) atoms. The number of urea groups is 1. The first-order chi connectivity index (χ1) is 9.29. The minimum Gasteiger partial charge on any atom is -0.383 e. The second-order valence-electron chi connectivity index (χ2n) is 4.01. The summed E-state index contributed by atoms with van der Waals surface area (Å²) in [4.78, 5) is 11.5. The molecule has 1 heterocycles. The summed E-state index contributed by atoms with van der Waals surface area (Å²) in [6.45, 7) is 0.990. The maximum atomic E-state index is 11.5. The predicted octanol–water partition coefficient (Wildman–Crippen LogP) is 2.25. The summed E-state index contributed by atoms with van der Waals surface area (Å²) in [5.41, 5.74) is 1.81. The van der Waals surface area contributed by atoms with E-state index in [1.807, 2.05) is 53.4 Å². The highest BCUT2D eigenvalue weighted by molar-refractivity contribution is 5.89. The Morgan fingerprint density at radius 1 is 1.21 bits per heavy atom. The molecule has 0 aliphatic heterocycles. The number of carbonyl (C=O) groups excluding carboxylic acids is 1. The molecule has 2 N–H and O–H groups in total. The summed E-state index contributed by atoms with van der Waals surface area (Å²) in [6.07, 6.45) is 3.94. The van der Waals surface area contributed by atoms with Crippen molar-refractivity contribution >= 4 is 11.7 Å². The Balaban J connectivity index is 1.90. The van der Waals surface area contributed by atoms with Crippen LogP contribution in [0.15, 0.2) is 48.8 Å². The Hall–Kier alpha value is -2.27. The molecule has 2 rings (SSSR count).